The topological polar surface area (TPSA) is 41.6 Å². The van der Waals surface area contributed by atoms with Gasteiger partial charge in [-0.15, -0.1) is 0 Å². The molecule has 4 nitrogen and oxygen atoms in total. The lowest BCUT2D eigenvalue weighted by atomic mass is 9.92. The number of hydrogen-bond acceptors (Lipinski definition) is 3. The number of nitrogens with zero attached hydrogens (tertiary/aromatic N) is 1. The van der Waals surface area contributed by atoms with Gasteiger partial charge < -0.3 is 10.1 Å². The highest BCUT2D eigenvalue weighted by atomic mass is 19.1. The van der Waals surface area contributed by atoms with Crippen LogP contribution in [0.5, 0.6) is 5.75 Å². The van der Waals surface area contributed by atoms with Crippen LogP contribution in [0.15, 0.2) is 36.4 Å². The summed E-state index contributed by atoms with van der Waals surface area (Å²) in [6, 6.07) is 11.2. The minimum atomic E-state index is -0.894. The van der Waals surface area contributed by atoms with Crippen molar-refractivity contribution in [3.8, 4) is 5.75 Å². The average Bonchev–Trinajstić information content (AvgIpc) is 2.66. The molecule has 2 aromatic carbocycles. The van der Waals surface area contributed by atoms with Gasteiger partial charge in [-0.1, -0.05) is 12.1 Å². The zero-order chi connectivity index (χ0) is 19.7. The summed E-state index contributed by atoms with van der Waals surface area (Å²) in [6.45, 7) is 3.77. The monoisotopic (exact) mass is 388 g/mol. The molecule has 1 amide bonds. The molecule has 2 fully saturated rings. The largest absolute Gasteiger partial charge is 0.487 e. The molecule has 0 spiro atoms. The third kappa shape index (κ3) is 3.83. The Kier molecular flexibility index (Phi) is 5.49. The third-order valence-electron chi connectivity index (χ3n) is 5.96. The Morgan fingerprint density at radius 3 is 2.79 bits per heavy atom. The van der Waals surface area contributed by atoms with Crippen molar-refractivity contribution < 1.29 is 18.3 Å². The summed E-state index contributed by atoms with van der Waals surface area (Å²) >= 11 is 0. The van der Waals surface area contributed by atoms with Crippen molar-refractivity contribution in [2.24, 2.45) is 5.92 Å². The highest BCUT2D eigenvalue weighted by Crippen LogP contribution is 2.33. The lowest BCUT2D eigenvalue weighted by molar-refractivity contribution is 0.0204. The summed E-state index contributed by atoms with van der Waals surface area (Å²) < 4.78 is 31.7. The van der Waals surface area contributed by atoms with Crippen LogP contribution in [0.4, 0.5) is 8.78 Å². The number of alkyl halides is 2. The molecule has 0 aromatic heterocycles. The van der Waals surface area contributed by atoms with Gasteiger partial charge in [0.05, 0.1) is 0 Å². The summed E-state index contributed by atoms with van der Waals surface area (Å²) in [7, 11) is 0. The molecule has 1 N–H and O–H groups in total. The number of nitrogens with one attached hydrogen (secondary N) is 1. The van der Waals surface area contributed by atoms with Crippen LogP contribution in [0, 0.1) is 5.92 Å². The number of benzene rings is 2. The van der Waals surface area contributed by atoms with Crippen molar-refractivity contribution in [2.45, 2.75) is 38.1 Å². The number of ether oxygens (including phenoxy) is 1. The van der Waals surface area contributed by atoms with E-state index < -0.39 is 6.17 Å². The van der Waals surface area contributed by atoms with Crippen LogP contribution < -0.4 is 10.1 Å². The van der Waals surface area contributed by atoms with Gasteiger partial charge in [0.2, 0.25) is 0 Å². The van der Waals surface area contributed by atoms with Gasteiger partial charge in [0.25, 0.3) is 5.91 Å². The molecule has 0 bridgehead atoms. The predicted molar refractivity (Wildman–Crippen MR) is 105 cm³/mol. The van der Waals surface area contributed by atoms with E-state index in [2.05, 4.69) is 10.2 Å². The van der Waals surface area contributed by atoms with E-state index in [-0.39, 0.29) is 24.7 Å². The summed E-state index contributed by atoms with van der Waals surface area (Å²) in [4.78, 5) is 14.7. The Balaban J connectivity index is 1.42. The number of fused-ring (bicyclic) bond motifs is 1. The zero-order valence-electron chi connectivity index (χ0n) is 16.0. The molecule has 2 aromatic rings. The highest BCUT2D eigenvalue weighted by Gasteiger charge is 2.33. The van der Waals surface area contributed by atoms with E-state index in [0.29, 0.717) is 30.2 Å². The van der Waals surface area contributed by atoms with E-state index in [9.17, 15) is 13.6 Å². The summed E-state index contributed by atoms with van der Waals surface area (Å²) in [6.07, 6.45) is 0.0348. The highest BCUT2D eigenvalue weighted by molar-refractivity contribution is 6.00. The van der Waals surface area contributed by atoms with E-state index in [1.807, 2.05) is 37.3 Å². The average molecular weight is 388 g/mol. The van der Waals surface area contributed by atoms with Crippen LogP contribution in [0.2, 0.25) is 0 Å². The maximum Gasteiger partial charge on any atom is 0.251 e. The lowest BCUT2D eigenvalue weighted by Gasteiger charge is -2.42. The summed E-state index contributed by atoms with van der Waals surface area (Å²) in [5.41, 5.74) is 0.587. The van der Waals surface area contributed by atoms with Gasteiger partial charge in [-0.3, -0.25) is 9.69 Å². The number of hydrogen-bond donors (Lipinski definition) is 1. The SMILES string of the molecule is C[C@@H](NC(=O)c1ccc2c(OC3CC[C@@H]3F)cccc2c1)C1CN(CCF)C1. The van der Waals surface area contributed by atoms with Crippen LogP contribution in [0.25, 0.3) is 10.8 Å². The normalized spacial score (nSPS) is 23.7. The number of amides is 1. The quantitative estimate of drug-likeness (QED) is 0.786. The van der Waals surface area contributed by atoms with Crippen molar-refractivity contribution in [3.05, 3.63) is 42.0 Å². The second kappa shape index (κ2) is 8.03. The molecule has 1 aliphatic carbocycles. The first-order valence-electron chi connectivity index (χ1n) is 9.98. The molecule has 1 aliphatic heterocycles. The predicted octanol–water partition coefficient (Wildman–Crippen LogP) is 3.74. The Morgan fingerprint density at radius 2 is 2.11 bits per heavy atom. The molecule has 3 atom stereocenters. The molecule has 1 unspecified atom stereocenters. The molecular weight excluding hydrogens is 362 g/mol. The molecule has 1 heterocycles. The number of carbonyl (C=O) groups is 1. The zero-order valence-corrected chi connectivity index (χ0v) is 16.0. The second-order valence-corrected chi connectivity index (χ2v) is 7.91. The molecule has 4 rings (SSSR count). The van der Waals surface area contributed by atoms with Gasteiger partial charge in [0.1, 0.15) is 24.7 Å². The van der Waals surface area contributed by atoms with Gasteiger partial charge in [0.15, 0.2) is 0 Å². The van der Waals surface area contributed by atoms with E-state index >= 15 is 0 Å². The maximum atomic E-state index is 13.5. The van der Waals surface area contributed by atoms with Gasteiger partial charge >= 0.3 is 0 Å². The number of rotatable bonds is 7. The van der Waals surface area contributed by atoms with Crippen LogP contribution >= 0.6 is 0 Å². The Labute approximate surface area is 163 Å². The number of carbonyl (C=O) groups excluding carboxylic acids is 1. The summed E-state index contributed by atoms with van der Waals surface area (Å²) in [5, 5.41) is 4.83. The lowest BCUT2D eigenvalue weighted by Crippen LogP contribution is -2.56. The third-order valence-corrected chi connectivity index (χ3v) is 5.96. The smallest absolute Gasteiger partial charge is 0.251 e. The van der Waals surface area contributed by atoms with Gasteiger partial charge in [-0.05, 0) is 49.4 Å². The number of halogens is 2. The molecule has 1 saturated carbocycles. The first kappa shape index (κ1) is 19.1. The van der Waals surface area contributed by atoms with Crippen LogP contribution in [-0.2, 0) is 0 Å². The molecule has 150 valence electrons. The van der Waals surface area contributed by atoms with Crippen LogP contribution in [0.1, 0.15) is 30.1 Å². The summed E-state index contributed by atoms with van der Waals surface area (Å²) in [5.74, 6) is 0.896. The van der Waals surface area contributed by atoms with E-state index in [0.717, 1.165) is 30.3 Å². The fraction of sp³-hybridized carbons (Fsp3) is 0.500. The van der Waals surface area contributed by atoms with Crippen molar-refractivity contribution >= 4 is 16.7 Å². The van der Waals surface area contributed by atoms with E-state index in [1.165, 1.54) is 0 Å². The van der Waals surface area contributed by atoms with Gasteiger partial charge in [-0.25, -0.2) is 8.78 Å². The molecule has 6 heteroatoms. The minimum absolute atomic E-state index is 0.0360. The Bertz CT molecular complexity index is 854. The first-order valence-corrected chi connectivity index (χ1v) is 9.98. The molecular formula is C22H26F2N2O2. The molecule has 28 heavy (non-hydrogen) atoms. The maximum absolute atomic E-state index is 13.5. The van der Waals surface area contributed by atoms with Gasteiger partial charge in [0, 0.05) is 42.5 Å². The molecule has 2 aliphatic rings. The van der Waals surface area contributed by atoms with Crippen molar-refractivity contribution in [2.75, 3.05) is 26.3 Å². The van der Waals surface area contributed by atoms with Gasteiger partial charge in [-0.2, -0.15) is 0 Å². The van der Waals surface area contributed by atoms with Crippen molar-refractivity contribution in [3.63, 3.8) is 0 Å². The van der Waals surface area contributed by atoms with Crippen LogP contribution in [0.3, 0.4) is 0 Å². The van der Waals surface area contributed by atoms with E-state index in [4.69, 9.17) is 4.74 Å². The fourth-order valence-corrected chi connectivity index (χ4v) is 3.86. The van der Waals surface area contributed by atoms with Crippen molar-refractivity contribution in [1.29, 1.82) is 0 Å². The number of likely N-dealkylation sites (tertiary alicyclic amines) is 1. The molecule has 0 radical (unpaired) electrons. The van der Waals surface area contributed by atoms with Crippen LogP contribution in [-0.4, -0.2) is 55.4 Å². The standard InChI is InChI=1S/C22H26F2N2O2/c1-14(17-12-26(13-17)10-9-23)25-22(27)16-5-6-18-15(11-16)3-2-4-20(18)28-21-8-7-19(21)24/h2-6,11,14,17,19,21H,7-10,12-13H2,1H3,(H,25,27)/t14-,19+,21?/m1/s1. The van der Waals surface area contributed by atoms with E-state index in [1.54, 1.807) is 6.07 Å². The van der Waals surface area contributed by atoms with Crippen molar-refractivity contribution in [1.82, 2.24) is 10.2 Å². The fourth-order valence-electron chi connectivity index (χ4n) is 3.86. The first-order chi connectivity index (χ1) is 13.5. The minimum Gasteiger partial charge on any atom is -0.487 e. The Hall–Kier alpha value is -2.21. The molecule has 1 saturated heterocycles. The second-order valence-electron chi connectivity index (χ2n) is 7.91. The Morgan fingerprint density at radius 1 is 1.29 bits per heavy atom.